The first kappa shape index (κ1) is 13.2. The van der Waals surface area contributed by atoms with Crippen molar-refractivity contribution in [1.82, 2.24) is 0 Å². The van der Waals surface area contributed by atoms with Crippen molar-refractivity contribution in [3.63, 3.8) is 0 Å². The van der Waals surface area contributed by atoms with Gasteiger partial charge in [-0.3, -0.25) is 0 Å². The molecular weight excluding hydrogens is 162 g/mol. The summed E-state index contributed by atoms with van der Waals surface area (Å²) in [6, 6.07) is -0.833. The summed E-state index contributed by atoms with van der Waals surface area (Å²) in [6.07, 6.45) is 1.23. The van der Waals surface area contributed by atoms with Crippen LogP contribution >= 0.6 is 0 Å². The molecule has 3 amide bonds. The number of amides is 3. The van der Waals surface area contributed by atoms with Crippen LogP contribution < -0.4 is 17.2 Å². The highest BCUT2D eigenvalue weighted by molar-refractivity contribution is 5.69. The summed E-state index contributed by atoms with van der Waals surface area (Å²) < 4.78 is 4.42. The van der Waals surface area contributed by atoms with Gasteiger partial charge in [-0.2, -0.15) is 0 Å². The van der Waals surface area contributed by atoms with Crippen molar-refractivity contribution in [1.29, 1.82) is 0 Å². The van der Waals surface area contributed by atoms with E-state index >= 15 is 0 Å². The topological polar surface area (TPSA) is 121 Å². The zero-order chi connectivity index (χ0) is 9.98. The van der Waals surface area contributed by atoms with E-state index in [4.69, 9.17) is 4.79 Å². The Hall–Kier alpha value is -1.46. The van der Waals surface area contributed by atoms with Gasteiger partial charge < -0.3 is 21.9 Å². The van der Waals surface area contributed by atoms with E-state index in [-0.39, 0.29) is 0 Å². The van der Waals surface area contributed by atoms with E-state index < -0.39 is 12.1 Å². The number of urea groups is 1. The fraction of sp³-hybridized carbons (Fsp3) is 0.667. The van der Waals surface area contributed by atoms with Crippen molar-refractivity contribution >= 4 is 12.1 Å². The van der Waals surface area contributed by atoms with E-state index in [1.807, 2.05) is 6.92 Å². The number of rotatable bonds is 3. The molecular formula is C6H15N3O3. The molecule has 0 fully saturated rings. The second-order valence-electron chi connectivity index (χ2n) is 1.92. The predicted octanol–water partition coefficient (Wildman–Crippen LogP) is -0.0944. The third kappa shape index (κ3) is 38.7. The number of hydrogen-bond donors (Lipinski definition) is 3. The lowest BCUT2D eigenvalue weighted by Crippen LogP contribution is -2.18. The van der Waals surface area contributed by atoms with E-state index in [0.717, 1.165) is 12.8 Å². The quantitative estimate of drug-likeness (QED) is 0.522. The molecule has 6 N–H and O–H groups in total. The van der Waals surface area contributed by atoms with Gasteiger partial charge in [-0.1, -0.05) is 13.3 Å². The van der Waals surface area contributed by atoms with Crippen molar-refractivity contribution in [2.45, 2.75) is 19.8 Å². The first-order chi connectivity index (χ1) is 5.50. The average molecular weight is 177 g/mol. The average Bonchev–Trinajstić information content (AvgIpc) is 1.86. The van der Waals surface area contributed by atoms with Crippen LogP contribution in [0.4, 0.5) is 9.59 Å². The number of carbonyl (C=O) groups excluding carboxylic acids is 2. The van der Waals surface area contributed by atoms with Gasteiger partial charge in [0.25, 0.3) is 0 Å². The summed E-state index contributed by atoms with van der Waals surface area (Å²) in [5.74, 6) is 0. The number of primary amides is 3. The summed E-state index contributed by atoms with van der Waals surface area (Å²) in [7, 11) is 0. The minimum Gasteiger partial charge on any atom is -0.450 e. The Labute approximate surface area is 71.0 Å². The van der Waals surface area contributed by atoms with Gasteiger partial charge in [0.05, 0.1) is 6.61 Å². The Bertz CT molecular complexity index is 134. The molecule has 0 rings (SSSR count). The first-order valence-corrected chi connectivity index (χ1v) is 3.47. The van der Waals surface area contributed by atoms with E-state index in [1.54, 1.807) is 0 Å². The third-order valence-electron chi connectivity index (χ3n) is 0.742. The summed E-state index contributed by atoms with van der Waals surface area (Å²) in [4.78, 5) is 18.9. The van der Waals surface area contributed by atoms with Gasteiger partial charge >= 0.3 is 12.1 Å². The van der Waals surface area contributed by atoms with Gasteiger partial charge in [0.15, 0.2) is 0 Å². The molecule has 6 nitrogen and oxygen atoms in total. The number of unbranched alkanes of at least 4 members (excludes halogenated alkanes) is 1. The molecule has 0 bridgehead atoms. The maximum Gasteiger partial charge on any atom is 0.404 e. The van der Waals surface area contributed by atoms with Crippen LogP contribution in [-0.2, 0) is 4.74 Å². The SMILES string of the molecule is CCCCOC(N)=O.NC(N)=O. The molecule has 0 unspecified atom stereocenters. The Kier molecular flexibility index (Phi) is 10.5. The van der Waals surface area contributed by atoms with Gasteiger partial charge in [0.2, 0.25) is 0 Å². The molecule has 0 heterocycles. The fourth-order valence-corrected chi connectivity index (χ4v) is 0.317. The molecule has 0 aromatic carbocycles. The van der Waals surface area contributed by atoms with Crippen LogP contribution in [0.2, 0.25) is 0 Å². The van der Waals surface area contributed by atoms with Gasteiger partial charge in [-0.25, -0.2) is 9.59 Å². The predicted molar refractivity (Wildman–Crippen MR) is 44.2 cm³/mol. The zero-order valence-corrected chi connectivity index (χ0v) is 7.08. The summed E-state index contributed by atoms with van der Waals surface area (Å²) in [6.45, 7) is 2.47. The first-order valence-electron chi connectivity index (χ1n) is 3.47. The minimum absolute atomic E-state index is 0.450. The molecule has 12 heavy (non-hydrogen) atoms. The Morgan fingerprint density at radius 3 is 1.92 bits per heavy atom. The maximum atomic E-state index is 9.87. The number of ether oxygens (including phenoxy) is 1. The van der Waals surface area contributed by atoms with Gasteiger partial charge in [0.1, 0.15) is 0 Å². The Morgan fingerprint density at radius 2 is 1.67 bits per heavy atom. The van der Waals surface area contributed by atoms with Gasteiger partial charge in [-0.15, -0.1) is 0 Å². The lowest BCUT2D eigenvalue weighted by Gasteiger charge is -1.95. The molecule has 0 aliphatic rings. The van der Waals surface area contributed by atoms with Crippen LogP contribution in [0.25, 0.3) is 0 Å². The molecule has 0 aliphatic carbocycles. The summed E-state index contributed by atoms with van der Waals surface area (Å²) in [5, 5.41) is 0. The number of hydrogen-bond acceptors (Lipinski definition) is 3. The van der Waals surface area contributed by atoms with E-state index in [0.29, 0.717) is 6.61 Å². The van der Waals surface area contributed by atoms with Gasteiger partial charge in [-0.05, 0) is 6.42 Å². The van der Waals surface area contributed by atoms with E-state index in [1.165, 1.54) is 0 Å². The van der Waals surface area contributed by atoms with E-state index in [2.05, 4.69) is 21.9 Å². The largest absolute Gasteiger partial charge is 0.450 e. The van der Waals surface area contributed by atoms with Crippen molar-refractivity contribution in [2.75, 3.05) is 6.61 Å². The molecule has 0 saturated carbocycles. The molecule has 0 saturated heterocycles. The summed E-state index contributed by atoms with van der Waals surface area (Å²) in [5.41, 5.74) is 13.2. The van der Waals surface area contributed by atoms with Crippen LogP contribution in [0, 0.1) is 0 Å². The molecule has 0 atom stereocenters. The van der Waals surface area contributed by atoms with Crippen LogP contribution in [0.3, 0.4) is 0 Å². The molecule has 6 heteroatoms. The van der Waals surface area contributed by atoms with Crippen LogP contribution in [0.1, 0.15) is 19.8 Å². The van der Waals surface area contributed by atoms with Gasteiger partial charge in [0, 0.05) is 0 Å². The lowest BCUT2D eigenvalue weighted by molar-refractivity contribution is 0.155. The minimum atomic E-state index is -0.833. The number of carbonyl (C=O) groups is 2. The second-order valence-corrected chi connectivity index (χ2v) is 1.92. The van der Waals surface area contributed by atoms with Crippen molar-refractivity contribution in [3.8, 4) is 0 Å². The van der Waals surface area contributed by atoms with Crippen molar-refractivity contribution in [2.24, 2.45) is 17.2 Å². The molecule has 0 aliphatic heterocycles. The highest BCUT2D eigenvalue weighted by Crippen LogP contribution is 1.85. The zero-order valence-electron chi connectivity index (χ0n) is 7.08. The fourth-order valence-electron chi connectivity index (χ4n) is 0.317. The molecule has 0 spiro atoms. The smallest absolute Gasteiger partial charge is 0.404 e. The van der Waals surface area contributed by atoms with Crippen LogP contribution in [0.5, 0.6) is 0 Å². The van der Waals surface area contributed by atoms with Crippen LogP contribution in [-0.4, -0.2) is 18.7 Å². The lowest BCUT2D eigenvalue weighted by atomic mass is 10.4. The molecule has 72 valence electrons. The molecule has 0 radical (unpaired) electrons. The van der Waals surface area contributed by atoms with E-state index in [9.17, 15) is 4.79 Å². The standard InChI is InChI=1S/C5H11NO2.CH4N2O/c1-2-3-4-8-5(6)7;2-1(3)4/h2-4H2,1H3,(H2,6,7);(H4,2,3,4). The van der Waals surface area contributed by atoms with Crippen LogP contribution in [0.15, 0.2) is 0 Å². The number of nitrogens with two attached hydrogens (primary N) is 3. The Morgan fingerprint density at radius 1 is 1.25 bits per heavy atom. The molecule has 0 aromatic rings. The normalized spacial score (nSPS) is 7.75. The second kappa shape index (κ2) is 9.54. The Balaban J connectivity index is 0. The monoisotopic (exact) mass is 177 g/mol. The molecule has 0 aromatic heterocycles. The third-order valence-corrected chi connectivity index (χ3v) is 0.742. The van der Waals surface area contributed by atoms with Crippen molar-refractivity contribution < 1.29 is 14.3 Å². The highest BCUT2D eigenvalue weighted by atomic mass is 16.5. The van der Waals surface area contributed by atoms with Crippen molar-refractivity contribution in [3.05, 3.63) is 0 Å². The highest BCUT2D eigenvalue weighted by Gasteiger charge is 1.88. The summed E-state index contributed by atoms with van der Waals surface area (Å²) >= 11 is 0. The maximum absolute atomic E-state index is 9.87.